The van der Waals surface area contributed by atoms with Crippen molar-refractivity contribution in [3.05, 3.63) is 60.9 Å². The van der Waals surface area contributed by atoms with E-state index in [1.165, 1.54) is 0 Å². The number of hydrogen-bond donors (Lipinski definition) is 1. The summed E-state index contributed by atoms with van der Waals surface area (Å²) in [6.45, 7) is 9.51. The van der Waals surface area contributed by atoms with Crippen LogP contribution in [0.15, 0.2) is 55.3 Å². The molecule has 3 heteroatoms. The summed E-state index contributed by atoms with van der Waals surface area (Å²) in [5, 5.41) is 3.06. The number of amides is 1. The van der Waals surface area contributed by atoms with Crippen LogP contribution in [-0.4, -0.2) is 10.9 Å². The zero-order valence-corrected chi connectivity index (χ0v) is 14.8. The molecule has 0 unspecified atom stereocenters. The summed E-state index contributed by atoms with van der Waals surface area (Å²) >= 11 is 0. The van der Waals surface area contributed by atoms with E-state index in [2.05, 4.69) is 22.9 Å². The van der Waals surface area contributed by atoms with Gasteiger partial charge in [0.2, 0.25) is 5.91 Å². The maximum Gasteiger partial charge on any atom is 0.229 e. The summed E-state index contributed by atoms with van der Waals surface area (Å²) in [6.07, 6.45) is 6.63. The van der Waals surface area contributed by atoms with E-state index >= 15 is 0 Å². The van der Waals surface area contributed by atoms with E-state index in [4.69, 9.17) is 0 Å². The molecule has 1 aromatic heterocycles. The molecule has 2 rings (SSSR count). The van der Waals surface area contributed by atoms with Crippen LogP contribution in [0.25, 0.3) is 11.1 Å². The van der Waals surface area contributed by atoms with Crippen LogP contribution in [0.3, 0.4) is 0 Å². The topological polar surface area (TPSA) is 42.0 Å². The lowest BCUT2D eigenvalue weighted by molar-refractivity contribution is -0.123. The Morgan fingerprint density at radius 1 is 1.17 bits per heavy atom. The number of nitrogens with one attached hydrogen (secondary N) is 1. The van der Waals surface area contributed by atoms with Gasteiger partial charge in [-0.2, -0.15) is 0 Å². The van der Waals surface area contributed by atoms with E-state index in [9.17, 15) is 4.79 Å². The van der Waals surface area contributed by atoms with Crippen molar-refractivity contribution in [3.63, 3.8) is 0 Å². The molecule has 1 aromatic carbocycles. The fourth-order valence-electron chi connectivity index (χ4n) is 2.43. The first-order chi connectivity index (χ1) is 11.4. The van der Waals surface area contributed by atoms with Crippen LogP contribution in [-0.2, 0) is 11.2 Å². The van der Waals surface area contributed by atoms with Gasteiger partial charge < -0.3 is 5.32 Å². The second-order valence-corrected chi connectivity index (χ2v) is 6.93. The lowest BCUT2D eigenvalue weighted by Crippen LogP contribution is -2.27. The number of allylic oxidation sites excluding steroid dienone is 1. The number of anilines is 1. The smallest absolute Gasteiger partial charge is 0.229 e. The molecule has 1 amide bonds. The molecule has 24 heavy (non-hydrogen) atoms. The highest BCUT2D eigenvalue weighted by atomic mass is 16.2. The van der Waals surface area contributed by atoms with Crippen molar-refractivity contribution in [3.8, 4) is 11.1 Å². The SMILES string of the molecule is C=CCCCc1ncccc1-c1ccccc1NC(=O)C(C)(C)C. The van der Waals surface area contributed by atoms with E-state index in [0.717, 1.165) is 41.8 Å². The van der Waals surface area contributed by atoms with Crippen molar-refractivity contribution in [2.75, 3.05) is 5.32 Å². The molecule has 1 heterocycles. The molecule has 0 radical (unpaired) electrons. The Balaban J connectivity index is 2.36. The van der Waals surface area contributed by atoms with Gasteiger partial charge in [-0.05, 0) is 31.4 Å². The number of unbranched alkanes of at least 4 members (excludes halogenated alkanes) is 1. The van der Waals surface area contributed by atoms with Crippen molar-refractivity contribution in [1.82, 2.24) is 4.98 Å². The Labute approximate surface area is 144 Å². The Bertz CT molecular complexity index is 714. The molecule has 2 aromatic rings. The molecule has 0 saturated carbocycles. The number of nitrogens with zero attached hydrogens (tertiary/aromatic N) is 1. The van der Waals surface area contributed by atoms with Crippen molar-refractivity contribution < 1.29 is 4.79 Å². The zero-order chi connectivity index (χ0) is 17.6. The summed E-state index contributed by atoms with van der Waals surface area (Å²) in [7, 11) is 0. The van der Waals surface area contributed by atoms with Gasteiger partial charge in [-0.3, -0.25) is 9.78 Å². The fraction of sp³-hybridized carbons (Fsp3) is 0.333. The molecule has 0 bridgehead atoms. The highest BCUT2D eigenvalue weighted by Gasteiger charge is 2.22. The highest BCUT2D eigenvalue weighted by Crippen LogP contribution is 2.31. The van der Waals surface area contributed by atoms with Crippen molar-refractivity contribution in [2.24, 2.45) is 5.41 Å². The second kappa shape index (κ2) is 7.91. The van der Waals surface area contributed by atoms with Gasteiger partial charge >= 0.3 is 0 Å². The van der Waals surface area contributed by atoms with Gasteiger partial charge in [0.1, 0.15) is 0 Å². The summed E-state index contributed by atoms with van der Waals surface area (Å²) in [4.78, 5) is 16.9. The molecule has 0 atom stereocenters. The first kappa shape index (κ1) is 17.9. The molecular weight excluding hydrogens is 296 g/mol. The summed E-state index contributed by atoms with van der Waals surface area (Å²) in [6, 6.07) is 11.9. The average Bonchev–Trinajstić information content (AvgIpc) is 2.55. The molecule has 126 valence electrons. The van der Waals surface area contributed by atoms with Crippen LogP contribution in [0.1, 0.15) is 39.3 Å². The van der Waals surface area contributed by atoms with Gasteiger partial charge in [-0.25, -0.2) is 0 Å². The Morgan fingerprint density at radius 2 is 1.88 bits per heavy atom. The number of carbonyl (C=O) groups excluding carboxylic acids is 1. The number of benzene rings is 1. The minimum atomic E-state index is -0.436. The van der Waals surface area contributed by atoms with Gasteiger partial charge in [-0.1, -0.05) is 51.1 Å². The summed E-state index contributed by atoms with van der Waals surface area (Å²) in [5.41, 5.74) is 3.53. The van der Waals surface area contributed by atoms with Gasteiger partial charge in [0.25, 0.3) is 0 Å². The lowest BCUT2D eigenvalue weighted by atomic mass is 9.94. The van der Waals surface area contributed by atoms with Crippen molar-refractivity contribution >= 4 is 11.6 Å². The van der Waals surface area contributed by atoms with Gasteiger partial charge in [0.15, 0.2) is 0 Å². The molecule has 3 nitrogen and oxygen atoms in total. The second-order valence-electron chi connectivity index (χ2n) is 6.93. The van der Waals surface area contributed by atoms with Crippen LogP contribution in [0, 0.1) is 5.41 Å². The fourth-order valence-corrected chi connectivity index (χ4v) is 2.43. The number of aromatic nitrogens is 1. The third kappa shape index (κ3) is 4.54. The molecule has 0 aliphatic carbocycles. The minimum Gasteiger partial charge on any atom is -0.325 e. The monoisotopic (exact) mass is 322 g/mol. The Kier molecular flexibility index (Phi) is 5.91. The number of rotatable bonds is 6. The lowest BCUT2D eigenvalue weighted by Gasteiger charge is -2.20. The zero-order valence-electron chi connectivity index (χ0n) is 14.8. The predicted molar refractivity (Wildman–Crippen MR) is 101 cm³/mol. The molecule has 0 fully saturated rings. The van der Waals surface area contributed by atoms with Crippen LogP contribution in [0.5, 0.6) is 0 Å². The maximum absolute atomic E-state index is 12.4. The molecule has 0 spiro atoms. The van der Waals surface area contributed by atoms with E-state index in [0.29, 0.717) is 0 Å². The average molecular weight is 322 g/mol. The summed E-state index contributed by atoms with van der Waals surface area (Å²) in [5.74, 6) is 0.00653. The van der Waals surface area contributed by atoms with Crippen LogP contribution >= 0.6 is 0 Å². The normalized spacial score (nSPS) is 11.1. The van der Waals surface area contributed by atoms with Crippen LogP contribution in [0.2, 0.25) is 0 Å². The van der Waals surface area contributed by atoms with Crippen molar-refractivity contribution in [1.29, 1.82) is 0 Å². The quantitative estimate of drug-likeness (QED) is 0.583. The van der Waals surface area contributed by atoms with E-state index in [1.54, 1.807) is 0 Å². The van der Waals surface area contributed by atoms with Gasteiger partial charge in [0, 0.05) is 34.1 Å². The van der Waals surface area contributed by atoms with Gasteiger partial charge in [-0.15, -0.1) is 6.58 Å². The predicted octanol–water partition coefficient (Wildman–Crippen LogP) is 5.24. The number of pyridine rings is 1. The number of hydrogen-bond acceptors (Lipinski definition) is 2. The molecule has 1 N–H and O–H groups in total. The minimum absolute atomic E-state index is 0.00653. The first-order valence-corrected chi connectivity index (χ1v) is 8.39. The molecule has 0 saturated heterocycles. The standard InChI is InChI=1S/C21H26N2O/c1-5-6-7-13-18-16(12-10-15-22-18)17-11-8-9-14-19(17)23-20(24)21(2,3)4/h5,8-12,14-15H,1,6-7,13H2,2-4H3,(H,23,24). The van der Waals surface area contributed by atoms with E-state index < -0.39 is 5.41 Å². The molecular formula is C21H26N2O. The molecule has 0 aliphatic rings. The maximum atomic E-state index is 12.4. The number of para-hydroxylation sites is 1. The Hall–Kier alpha value is -2.42. The largest absolute Gasteiger partial charge is 0.325 e. The van der Waals surface area contributed by atoms with Gasteiger partial charge in [0.05, 0.1) is 0 Å². The Morgan fingerprint density at radius 3 is 2.58 bits per heavy atom. The van der Waals surface area contributed by atoms with Crippen LogP contribution < -0.4 is 5.32 Å². The first-order valence-electron chi connectivity index (χ1n) is 8.39. The third-order valence-electron chi connectivity index (χ3n) is 3.86. The third-order valence-corrected chi connectivity index (χ3v) is 3.86. The van der Waals surface area contributed by atoms with Crippen LogP contribution in [0.4, 0.5) is 5.69 Å². The van der Waals surface area contributed by atoms with E-state index in [-0.39, 0.29) is 5.91 Å². The molecule has 0 aliphatic heterocycles. The number of carbonyl (C=O) groups is 1. The number of aryl methyl sites for hydroxylation is 1. The van der Waals surface area contributed by atoms with Crippen molar-refractivity contribution in [2.45, 2.75) is 40.0 Å². The summed E-state index contributed by atoms with van der Waals surface area (Å²) < 4.78 is 0. The highest BCUT2D eigenvalue weighted by molar-refractivity contribution is 5.98. The van der Waals surface area contributed by atoms with E-state index in [1.807, 2.05) is 63.4 Å².